The quantitative estimate of drug-likeness (QED) is 0.689. The Morgan fingerprint density at radius 2 is 2.14 bits per heavy atom. The summed E-state index contributed by atoms with van der Waals surface area (Å²) in [5, 5.41) is 0. The van der Waals surface area contributed by atoms with Gasteiger partial charge in [-0.1, -0.05) is 6.07 Å². The molecule has 0 amide bonds. The van der Waals surface area contributed by atoms with Gasteiger partial charge in [-0.15, -0.1) is 0 Å². The van der Waals surface area contributed by atoms with E-state index in [2.05, 4.69) is 31.0 Å². The van der Waals surface area contributed by atoms with Gasteiger partial charge in [0.1, 0.15) is 0 Å². The molecule has 1 saturated heterocycles. The Morgan fingerprint density at radius 3 is 2.71 bits per heavy atom. The SMILES string of the molecule is Cc1cc(N)cc(C2CCCN2C)c1. The van der Waals surface area contributed by atoms with Gasteiger partial charge in [-0.05, 0) is 56.6 Å². The summed E-state index contributed by atoms with van der Waals surface area (Å²) < 4.78 is 0. The lowest BCUT2D eigenvalue weighted by Gasteiger charge is -2.20. The van der Waals surface area contributed by atoms with E-state index in [4.69, 9.17) is 5.73 Å². The maximum Gasteiger partial charge on any atom is 0.0346 e. The molecule has 0 radical (unpaired) electrons. The third-order valence-electron chi connectivity index (χ3n) is 3.03. The van der Waals surface area contributed by atoms with Crippen LogP contribution in [0.5, 0.6) is 0 Å². The van der Waals surface area contributed by atoms with E-state index in [1.54, 1.807) is 0 Å². The summed E-state index contributed by atoms with van der Waals surface area (Å²) in [4.78, 5) is 2.41. The highest BCUT2D eigenvalue weighted by Crippen LogP contribution is 2.31. The van der Waals surface area contributed by atoms with E-state index >= 15 is 0 Å². The minimum atomic E-state index is 0.581. The Hall–Kier alpha value is -1.02. The van der Waals surface area contributed by atoms with Crippen molar-refractivity contribution in [2.75, 3.05) is 19.3 Å². The van der Waals surface area contributed by atoms with Gasteiger partial charge in [-0.25, -0.2) is 0 Å². The van der Waals surface area contributed by atoms with Gasteiger partial charge in [-0.2, -0.15) is 0 Å². The summed E-state index contributed by atoms with van der Waals surface area (Å²) in [5.41, 5.74) is 9.38. The molecule has 2 heteroatoms. The van der Waals surface area contributed by atoms with Crippen LogP contribution in [0.2, 0.25) is 0 Å². The maximum atomic E-state index is 5.85. The minimum Gasteiger partial charge on any atom is -0.399 e. The van der Waals surface area contributed by atoms with Crippen molar-refractivity contribution in [3.8, 4) is 0 Å². The largest absolute Gasteiger partial charge is 0.399 e. The molecule has 1 fully saturated rings. The van der Waals surface area contributed by atoms with Gasteiger partial charge >= 0.3 is 0 Å². The second-order valence-electron chi connectivity index (χ2n) is 4.32. The van der Waals surface area contributed by atoms with Crippen LogP contribution in [0, 0.1) is 6.92 Å². The highest BCUT2D eigenvalue weighted by Gasteiger charge is 2.22. The molecule has 0 spiro atoms. The van der Waals surface area contributed by atoms with Gasteiger partial charge in [0.15, 0.2) is 0 Å². The number of aryl methyl sites for hydroxylation is 1. The molecular formula is C12H18N2. The lowest BCUT2D eigenvalue weighted by molar-refractivity contribution is 0.317. The third kappa shape index (κ3) is 1.75. The van der Waals surface area contributed by atoms with Crippen molar-refractivity contribution in [3.05, 3.63) is 29.3 Å². The van der Waals surface area contributed by atoms with E-state index in [9.17, 15) is 0 Å². The van der Waals surface area contributed by atoms with Crippen LogP contribution in [0.4, 0.5) is 5.69 Å². The topological polar surface area (TPSA) is 29.3 Å². The molecule has 1 aromatic carbocycles. The molecule has 1 aromatic rings. The monoisotopic (exact) mass is 190 g/mol. The van der Waals surface area contributed by atoms with Crippen LogP contribution >= 0.6 is 0 Å². The molecule has 2 nitrogen and oxygen atoms in total. The smallest absolute Gasteiger partial charge is 0.0346 e. The van der Waals surface area contributed by atoms with Crippen molar-refractivity contribution in [1.29, 1.82) is 0 Å². The Bertz CT molecular complexity index is 313. The van der Waals surface area contributed by atoms with E-state index in [0.717, 1.165) is 5.69 Å². The van der Waals surface area contributed by atoms with Crippen LogP contribution in [-0.2, 0) is 0 Å². The van der Waals surface area contributed by atoms with Crippen molar-refractivity contribution >= 4 is 5.69 Å². The fourth-order valence-corrected chi connectivity index (χ4v) is 2.37. The lowest BCUT2D eigenvalue weighted by atomic mass is 10.0. The van der Waals surface area contributed by atoms with E-state index in [0.29, 0.717) is 6.04 Å². The first kappa shape index (κ1) is 9.53. The summed E-state index contributed by atoms with van der Waals surface area (Å²) in [6, 6.07) is 6.97. The van der Waals surface area contributed by atoms with Crippen molar-refractivity contribution in [3.63, 3.8) is 0 Å². The van der Waals surface area contributed by atoms with Crippen LogP contribution in [0.3, 0.4) is 0 Å². The van der Waals surface area contributed by atoms with Crippen LogP contribution in [-0.4, -0.2) is 18.5 Å². The zero-order valence-electron chi connectivity index (χ0n) is 8.96. The van der Waals surface area contributed by atoms with Gasteiger partial charge in [0.05, 0.1) is 0 Å². The summed E-state index contributed by atoms with van der Waals surface area (Å²) in [6.45, 7) is 3.31. The Balaban J connectivity index is 2.31. The van der Waals surface area contributed by atoms with E-state index in [1.165, 1.54) is 30.5 Å². The highest BCUT2D eigenvalue weighted by molar-refractivity contribution is 5.45. The number of benzene rings is 1. The normalized spacial score (nSPS) is 22.9. The molecule has 1 aliphatic rings. The molecule has 0 aromatic heterocycles. The maximum absolute atomic E-state index is 5.85. The molecule has 0 saturated carbocycles. The second kappa shape index (κ2) is 3.62. The van der Waals surface area contributed by atoms with Crippen LogP contribution in [0.15, 0.2) is 18.2 Å². The van der Waals surface area contributed by atoms with E-state index < -0.39 is 0 Å². The van der Waals surface area contributed by atoms with E-state index in [1.807, 2.05) is 6.07 Å². The third-order valence-corrected chi connectivity index (χ3v) is 3.03. The van der Waals surface area contributed by atoms with Gasteiger partial charge in [0.25, 0.3) is 0 Å². The number of rotatable bonds is 1. The van der Waals surface area contributed by atoms with Crippen LogP contribution in [0.1, 0.15) is 30.0 Å². The predicted octanol–water partition coefficient (Wildman–Crippen LogP) is 2.34. The highest BCUT2D eigenvalue weighted by atomic mass is 15.1. The Labute approximate surface area is 85.7 Å². The molecule has 1 heterocycles. The molecule has 1 unspecified atom stereocenters. The summed E-state index contributed by atoms with van der Waals surface area (Å²) in [7, 11) is 2.19. The number of likely N-dealkylation sites (tertiary alicyclic amines) is 1. The fraction of sp³-hybridized carbons (Fsp3) is 0.500. The second-order valence-corrected chi connectivity index (χ2v) is 4.32. The van der Waals surface area contributed by atoms with Crippen molar-refractivity contribution < 1.29 is 0 Å². The van der Waals surface area contributed by atoms with Gasteiger partial charge < -0.3 is 5.73 Å². The van der Waals surface area contributed by atoms with Gasteiger partial charge in [0.2, 0.25) is 0 Å². The minimum absolute atomic E-state index is 0.581. The average molecular weight is 190 g/mol. The number of anilines is 1. The molecule has 1 aliphatic heterocycles. The van der Waals surface area contributed by atoms with Gasteiger partial charge in [0, 0.05) is 11.7 Å². The zero-order chi connectivity index (χ0) is 10.1. The van der Waals surface area contributed by atoms with Crippen molar-refractivity contribution in [2.45, 2.75) is 25.8 Å². The lowest BCUT2D eigenvalue weighted by Crippen LogP contribution is -2.17. The van der Waals surface area contributed by atoms with Crippen molar-refractivity contribution in [1.82, 2.24) is 4.90 Å². The molecule has 76 valence electrons. The first-order chi connectivity index (χ1) is 6.66. The molecule has 0 aliphatic carbocycles. The first-order valence-corrected chi connectivity index (χ1v) is 5.24. The number of nitrogens with two attached hydrogens (primary N) is 1. The molecular weight excluding hydrogens is 172 g/mol. The Morgan fingerprint density at radius 1 is 1.36 bits per heavy atom. The van der Waals surface area contributed by atoms with Crippen molar-refractivity contribution in [2.24, 2.45) is 0 Å². The standard InChI is InChI=1S/C12H18N2/c1-9-6-10(8-11(13)7-9)12-4-3-5-14(12)2/h6-8,12H,3-5,13H2,1-2H3. The van der Waals surface area contributed by atoms with Crippen LogP contribution < -0.4 is 5.73 Å². The number of nitrogens with zero attached hydrogens (tertiary/aromatic N) is 1. The van der Waals surface area contributed by atoms with Gasteiger partial charge in [-0.3, -0.25) is 4.90 Å². The first-order valence-electron chi connectivity index (χ1n) is 5.24. The van der Waals surface area contributed by atoms with E-state index in [-0.39, 0.29) is 0 Å². The average Bonchev–Trinajstić information content (AvgIpc) is 2.49. The number of nitrogen functional groups attached to an aromatic ring is 1. The summed E-state index contributed by atoms with van der Waals surface area (Å²) in [5.74, 6) is 0. The molecule has 14 heavy (non-hydrogen) atoms. The number of hydrogen-bond donors (Lipinski definition) is 1. The predicted molar refractivity (Wildman–Crippen MR) is 60.2 cm³/mol. The number of hydrogen-bond acceptors (Lipinski definition) is 2. The zero-order valence-corrected chi connectivity index (χ0v) is 8.96. The molecule has 2 rings (SSSR count). The molecule has 1 atom stereocenters. The van der Waals surface area contributed by atoms with Crippen LogP contribution in [0.25, 0.3) is 0 Å². The summed E-state index contributed by atoms with van der Waals surface area (Å²) >= 11 is 0. The Kier molecular flexibility index (Phi) is 2.46. The molecule has 0 bridgehead atoms. The fourth-order valence-electron chi connectivity index (χ4n) is 2.37. The molecule has 2 N–H and O–H groups in total. The summed E-state index contributed by atoms with van der Waals surface area (Å²) in [6.07, 6.45) is 2.56.